The SMILES string of the molecule is CC1CNC(C(=O)N(C)CC2CC3CCC2C3)CN1. The Labute approximate surface area is 116 Å². The fourth-order valence-electron chi connectivity index (χ4n) is 4.26. The average molecular weight is 265 g/mol. The van der Waals surface area contributed by atoms with E-state index in [9.17, 15) is 4.79 Å². The molecule has 1 aliphatic heterocycles. The molecule has 3 aliphatic rings. The molecular formula is C15H27N3O. The standard InChI is InChI=1S/C15H27N3O/c1-10-7-17-14(8-16-10)15(19)18(2)9-13-6-11-3-4-12(13)5-11/h10-14,16-17H,3-9H2,1-2H3. The van der Waals surface area contributed by atoms with Crippen molar-refractivity contribution in [1.29, 1.82) is 0 Å². The Morgan fingerprint density at radius 1 is 1.21 bits per heavy atom. The van der Waals surface area contributed by atoms with E-state index in [1.54, 1.807) is 0 Å². The van der Waals surface area contributed by atoms with Crippen molar-refractivity contribution in [2.45, 2.75) is 44.7 Å². The number of carbonyl (C=O) groups excluding carboxylic acids is 1. The summed E-state index contributed by atoms with van der Waals surface area (Å²) in [6.07, 6.45) is 5.62. The summed E-state index contributed by atoms with van der Waals surface area (Å²) in [6, 6.07) is 0.444. The third-order valence-electron chi connectivity index (χ3n) is 5.41. The molecule has 1 heterocycles. The Bertz CT molecular complexity index is 338. The fraction of sp³-hybridized carbons (Fsp3) is 0.933. The largest absolute Gasteiger partial charge is 0.344 e. The molecule has 1 saturated heterocycles. The van der Waals surface area contributed by atoms with E-state index >= 15 is 0 Å². The summed E-state index contributed by atoms with van der Waals surface area (Å²) in [7, 11) is 1.98. The Kier molecular flexibility index (Phi) is 3.81. The number of hydrogen-bond donors (Lipinski definition) is 2. The van der Waals surface area contributed by atoms with Gasteiger partial charge in [0.2, 0.25) is 5.91 Å². The lowest BCUT2D eigenvalue weighted by atomic mass is 9.88. The first-order valence-corrected chi connectivity index (χ1v) is 7.85. The van der Waals surface area contributed by atoms with Crippen LogP contribution in [0.25, 0.3) is 0 Å². The van der Waals surface area contributed by atoms with Gasteiger partial charge in [-0.1, -0.05) is 6.42 Å². The first-order chi connectivity index (χ1) is 9.13. The van der Waals surface area contributed by atoms with Gasteiger partial charge in [0.1, 0.15) is 0 Å². The zero-order valence-corrected chi connectivity index (χ0v) is 12.2. The van der Waals surface area contributed by atoms with Gasteiger partial charge in [0, 0.05) is 32.7 Å². The molecule has 1 amide bonds. The number of nitrogens with zero attached hydrogens (tertiary/aromatic N) is 1. The molecule has 0 spiro atoms. The number of piperazine rings is 1. The number of hydrogen-bond acceptors (Lipinski definition) is 3. The fourth-order valence-corrected chi connectivity index (χ4v) is 4.26. The van der Waals surface area contributed by atoms with E-state index in [-0.39, 0.29) is 11.9 Å². The number of likely N-dealkylation sites (N-methyl/N-ethyl adjacent to an activating group) is 1. The highest BCUT2D eigenvalue weighted by molar-refractivity contribution is 5.82. The molecule has 0 aromatic carbocycles. The van der Waals surface area contributed by atoms with Crippen LogP contribution in [0.3, 0.4) is 0 Å². The van der Waals surface area contributed by atoms with Gasteiger partial charge in [-0.2, -0.15) is 0 Å². The molecule has 0 radical (unpaired) electrons. The van der Waals surface area contributed by atoms with Gasteiger partial charge in [-0.3, -0.25) is 4.79 Å². The zero-order chi connectivity index (χ0) is 13.4. The van der Waals surface area contributed by atoms with Gasteiger partial charge in [0.05, 0.1) is 6.04 Å². The van der Waals surface area contributed by atoms with Gasteiger partial charge in [-0.25, -0.2) is 0 Å². The number of rotatable bonds is 3. The van der Waals surface area contributed by atoms with Gasteiger partial charge in [-0.15, -0.1) is 0 Å². The number of carbonyl (C=O) groups is 1. The first-order valence-electron chi connectivity index (χ1n) is 7.85. The summed E-state index contributed by atoms with van der Waals surface area (Å²) in [4.78, 5) is 14.4. The van der Waals surface area contributed by atoms with Crippen LogP contribution >= 0.6 is 0 Å². The highest BCUT2D eigenvalue weighted by Gasteiger charge is 2.40. The molecule has 5 unspecified atom stereocenters. The van der Waals surface area contributed by atoms with Crippen molar-refractivity contribution in [3.63, 3.8) is 0 Å². The summed E-state index contributed by atoms with van der Waals surface area (Å²) in [5.41, 5.74) is 0. The molecule has 2 bridgehead atoms. The molecule has 5 atom stereocenters. The van der Waals surface area contributed by atoms with Crippen LogP contribution in [-0.2, 0) is 4.79 Å². The van der Waals surface area contributed by atoms with E-state index in [2.05, 4.69) is 17.6 Å². The van der Waals surface area contributed by atoms with E-state index in [4.69, 9.17) is 0 Å². The second-order valence-corrected chi connectivity index (χ2v) is 6.92. The Morgan fingerprint density at radius 2 is 2.05 bits per heavy atom. The van der Waals surface area contributed by atoms with Crippen molar-refractivity contribution in [2.75, 3.05) is 26.7 Å². The van der Waals surface area contributed by atoms with E-state index in [0.29, 0.717) is 6.04 Å². The van der Waals surface area contributed by atoms with Crippen LogP contribution in [0.15, 0.2) is 0 Å². The predicted octanol–water partition coefficient (Wildman–Crippen LogP) is 0.831. The normalized spacial score (nSPS) is 41.5. The molecule has 4 heteroatoms. The Balaban J connectivity index is 1.49. The van der Waals surface area contributed by atoms with E-state index in [1.807, 2.05) is 11.9 Å². The van der Waals surface area contributed by atoms with Crippen LogP contribution in [-0.4, -0.2) is 49.6 Å². The highest BCUT2D eigenvalue weighted by Crippen LogP contribution is 2.48. The van der Waals surface area contributed by atoms with E-state index < -0.39 is 0 Å². The van der Waals surface area contributed by atoms with Gasteiger partial charge < -0.3 is 15.5 Å². The van der Waals surface area contributed by atoms with Crippen molar-refractivity contribution < 1.29 is 4.79 Å². The minimum absolute atomic E-state index is 0.0280. The maximum absolute atomic E-state index is 12.4. The second-order valence-electron chi connectivity index (χ2n) is 6.92. The lowest BCUT2D eigenvalue weighted by Crippen LogP contribution is -2.59. The average Bonchev–Trinajstić information content (AvgIpc) is 3.01. The topological polar surface area (TPSA) is 44.4 Å². The van der Waals surface area contributed by atoms with Crippen molar-refractivity contribution in [1.82, 2.24) is 15.5 Å². The highest BCUT2D eigenvalue weighted by atomic mass is 16.2. The van der Waals surface area contributed by atoms with Crippen molar-refractivity contribution in [2.24, 2.45) is 17.8 Å². The summed E-state index contributed by atoms with van der Waals surface area (Å²) in [5.74, 6) is 2.90. The molecule has 2 N–H and O–H groups in total. The molecule has 4 nitrogen and oxygen atoms in total. The van der Waals surface area contributed by atoms with Gasteiger partial charge in [0.25, 0.3) is 0 Å². The van der Waals surface area contributed by atoms with Gasteiger partial charge in [-0.05, 0) is 43.9 Å². The van der Waals surface area contributed by atoms with Crippen molar-refractivity contribution in [3.05, 3.63) is 0 Å². The van der Waals surface area contributed by atoms with Crippen LogP contribution < -0.4 is 10.6 Å². The summed E-state index contributed by atoms with van der Waals surface area (Å²) in [6.45, 7) is 4.76. The smallest absolute Gasteiger partial charge is 0.240 e. The number of nitrogens with one attached hydrogen (secondary N) is 2. The van der Waals surface area contributed by atoms with Crippen LogP contribution in [0, 0.1) is 17.8 Å². The lowest BCUT2D eigenvalue weighted by Gasteiger charge is -2.33. The van der Waals surface area contributed by atoms with E-state index in [0.717, 1.165) is 37.4 Å². The minimum atomic E-state index is -0.0280. The quantitative estimate of drug-likeness (QED) is 0.794. The number of amides is 1. The third kappa shape index (κ3) is 2.79. The molecule has 2 saturated carbocycles. The van der Waals surface area contributed by atoms with E-state index in [1.165, 1.54) is 25.7 Å². The van der Waals surface area contributed by atoms with Gasteiger partial charge in [0.15, 0.2) is 0 Å². The van der Waals surface area contributed by atoms with Crippen LogP contribution in [0.2, 0.25) is 0 Å². The Morgan fingerprint density at radius 3 is 2.63 bits per heavy atom. The molecule has 3 rings (SSSR count). The first kappa shape index (κ1) is 13.4. The van der Waals surface area contributed by atoms with Crippen LogP contribution in [0.4, 0.5) is 0 Å². The minimum Gasteiger partial charge on any atom is -0.344 e. The summed E-state index contributed by atoms with van der Waals surface area (Å²) >= 11 is 0. The molecular weight excluding hydrogens is 238 g/mol. The number of fused-ring (bicyclic) bond motifs is 2. The summed E-state index contributed by atoms with van der Waals surface area (Å²) in [5, 5.41) is 6.73. The maximum Gasteiger partial charge on any atom is 0.240 e. The third-order valence-corrected chi connectivity index (χ3v) is 5.41. The van der Waals surface area contributed by atoms with Crippen LogP contribution in [0.5, 0.6) is 0 Å². The summed E-state index contributed by atoms with van der Waals surface area (Å²) < 4.78 is 0. The second kappa shape index (κ2) is 5.41. The predicted molar refractivity (Wildman–Crippen MR) is 75.8 cm³/mol. The Hall–Kier alpha value is -0.610. The molecule has 19 heavy (non-hydrogen) atoms. The molecule has 0 aromatic rings. The molecule has 0 aromatic heterocycles. The van der Waals surface area contributed by atoms with Crippen molar-refractivity contribution in [3.8, 4) is 0 Å². The van der Waals surface area contributed by atoms with Crippen LogP contribution in [0.1, 0.15) is 32.6 Å². The van der Waals surface area contributed by atoms with Crippen molar-refractivity contribution >= 4 is 5.91 Å². The maximum atomic E-state index is 12.4. The molecule has 3 fully saturated rings. The zero-order valence-electron chi connectivity index (χ0n) is 12.2. The molecule has 108 valence electrons. The van der Waals surface area contributed by atoms with Gasteiger partial charge >= 0.3 is 0 Å². The lowest BCUT2D eigenvalue weighted by molar-refractivity contribution is -0.133. The molecule has 2 aliphatic carbocycles. The monoisotopic (exact) mass is 265 g/mol.